The first-order valence-corrected chi connectivity index (χ1v) is 8.08. The maximum Gasteiger partial charge on any atom is 0.315 e. The van der Waals surface area contributed by atoms with Crippen LogP contribution in [0.1, 0.15) is 43.5 Å². The van der Waals surface area contributed by atoms with Gasteiger partial charge in [0.1, 0.15) is 0 Å². The Labute approximate surface area is 135 Å². The number of carbonyl (C=O) groups is 1. The highest BCUT2D eigenvalue weighted by Gasteiger charge is 2.23. The second-order valence-corrected chi connectivity index (χ2v) is 5.68. The first-order chi connectivity index (χ1) is 11.3. The summed E-state index contributed by atoms with van der Waals surface area (Å²) in [7, 11) is 0. The van der Waals surface area contributed by atoms with Gasteiger partial charge in [-0.25, -0.2) is 14.8 Å². The van der Waals surface area contributed by atoms with E-state index >= 15 is 0 Å². The lowest BCUT2D eigenvalue weighted by atomic mass is 9.92. The highest BCUT2D eigenvalue weighted by Crippen LogP contribution is 2.29. The van der Waals surface area contributed by atoms with Gasteiger partial charge in [-0.2, -0.15) is 0 Å². The molecule has 2 amide bonds. The van der Waals surface area contributed by atoms with E-state index in [9.17, 15) is 4.79 Å². The molecule has 23 heavy (non-hydrogen) atoms. The molecule has 0 saturated heterocycles. The fourth-order valence-corrected chi connectivity index (χ4v) is 2.78. The number of fused-ring (bicyclic) bond motifs is 1. The number of amides is 2. The van der Waals surface area contributed by atoms with Crippen LogP contribution in [0.5, 0.6) is 0 Å². The monoisotopic (exact) mass is 311 g/mol. The maximum absolute atomic E-state index is 11.9. The van der Waals surface area contributed by atoms with E-state index in [0.29, 0.717) is 12.4 Å². The van der Waals surface area contributed by atoms with Crippen LogP contribution >= 0.6 is 0 Å². The molecule has 2 heterocycles. The van der Waals surface area contributed by atoms with Crippen LogP contribution in [-0.4, -0.2) is 27.5 Å². The molecule has 6 nitrogen and oxygen atoms in total. The highest BCUT2D eigenvalue weighted by molar-refractivity contribution is 5.74. The summed E-state index contributed by atoms with van der Waals surface area (Å²) in [4.78, 5) is 25.1. The molecule has 0 fully saturated rings. The molecule has 2 N–H and O–H groups in total. The van der Waals surface area contributed by atoms with Crippen LogP contribution in [0.2, 0.25) is 0 Å². The first-order valence-electron chi connectivity index (χ1n) is 8.08. The van der Waals surface area contributed by atoms with Crippen LogP contribution < -0.4 is 10.6 Å². The van der Waals surface area contributed by atoms with Gasteiger partial charge in [-0.15, -0.1) is 0 Å². The first kappa shape index (κ1) is 15.4. The Morgan fingerprint density at radius 2 is 2.30 bits per heavy atom. The second kappa shape index (κ2) is 7.17. The molecule has 1 unspecified atom stereocenters. The standard InChI is InChI=1S/C17H21N5O/c1-2-8-19-17(23)22-15-7-3-6-14-13(15)11-20-16(21-14)12-5-4-9-18-10-12/h4-5,9-11,15H,2-3,6-8H2,1H3,(H2,19,22,23). The van der Waals surface area contributed by atoms with Gasteiger partial charge in [-0.1, -0.05) is 6.92 Å². The van der Waals surface area contributed by atoms with Crippen molar-refractivity contribution in [3.05, 3.63) is 42.0 Å². The van der Waals surface area contributed by atoms with Crippen LogP contribution in [-0.2, 0) is 6.42 Å². The van der Waals surface area contributed by atoms with Crippen molar-refractivity contribution in [3.63, 3.8) is 0 Å². The predicted octanol–water partition coefficient (Wildman–Crippen LogP) is 2.63. The molecular weight excluding hydrogens is 290 g/mol. The molecule has 0 bridgehead atoms. The van der Waals surface area contributed by atoms with Crippen LogP contribution in [0.4, 0.5) is 4.79 Å². The minimum absolute atomic E-state index is 0.0152. The molecule has 1 atom stereocenters. The van der Waals surface area contributed by atoms with Crippen molar-refractivity contribution >= 4 is 6.03 Å². The SMILES string of the molecule is CCCNC(=O)NC1CCCc2nc(-c3cccnc3)ncc21. The van der Waals surface area contributed by atoms with Crippen molar-refractivity contribution in [2.24, 2.45) is 0 Å². The summed E-state index contributed by atoms with van der Waals surface area (Å²) in [5.41, 5.74) is 2.95. The Hall–Kier alpha value is -2.50. The summed E-state index contributed by atoms with van der Waals surface area (Å²) >= 11 is 0. The Morgan fingerprint density at radius 1 is 1.39 bits per heavy atom. The second-order valence-electron chi connectivity index (χ2n) is 5.68. The van der Waals surface area contributed by atoms with Gasteiger partial charge >= 0.3 is 6.03 Å². The molecule has 0 radical (unpaired) electrons. The zero-order chi connectivity index (χ0) is 16.1. The van der Waals surface area contributed by atoms with E-state index in [1.54, 1.807) is 12.4 Å². The molecule has 0 aliphatic heterocycles. The van der Waals surface area contributed by atoms with E-state index in [1.165, 1.54) is 0 Å². The van der Waals surface area contributed by atoms with E-state index < -0.39 is 0 Å². The van der Waals surface area contributed by atoms with Gasteiger partial charge in [0, 0.05) is 42.0 Å². The summed E-state index contributed by atoms with van der Waals surface area (Å²) in [5, 5.41) is 5.88. The van der Waals surface area contributed by atoms with Crippen molar-refractivity contribution in [2.75, 3.05) is 6.54 Å². The Balaban J connectivity index is 1.79. The minimum atomic E-state index is -0.124. The fraction of sp³-hybridized carbons (Fsp3) is 0.412. The molecule has 0 saturated carbocycles. The molecule has 1 aliphatic rings. The van der Waals surface area contributed by atoms with Gasteiger partial charge in [0.15, 0.2) is 5.82 Å². The fourth-order valence-electron chi connectivity index (χ4n) is 2.78. The Kier molecular flexibility index (Phi) is 4.80. The van der Waals surface area contributed by atoms with Gasteiger partial charge in [-0.3, -0.25) is 4.98 Å². The molecule has 6 heteroatoms. The number of urea groups is 1. The smallest absolute Gasteiger partial charge is 0.315 e. The van der Waals surface area contributed by atoms with Gasteiger partial charge in [0.2, 0.25) is 0 Å². The number of nitrogens with one attached hydrogen (secondary N) is 2. The number of aryl methyl sites for hydroxylation is 1. The Morgan fingerprint density at radius 3 is 3.09 bits per heavy atom. The number of aromatic nitrogens is 3. The summed E-state index contributed by atoms with van der Waals surface area (Å²) in [5.74, 6) is 0.688. The molecule has 120 valence electrons. The van der Waals surface area contributed by atoms with Crippen LogP contribution in [0.15, 0.2) is 30.7 Å². The van der Waals surface area contributed by atoms with E-state index in [1.807, 2.05) is 25.3 Å². The third kappa shape index (κ3) is 3.64. The zero-order valence-corrected chi connectivity index (χ0v) is 13.2. The average Bonchev–Trinajstić information content (AvgIpc) is 2.60. The normalized spacial score (nSPS) is 16.5. The third-order valence-electron chi connectivity index (χ3n) is 3.94. The van der Waals surface area contributed by atoms with Gasteiger partial charge in [-0.05, 0) is 37.8 Å². The maximum atomic E-state index is 11.9. The lowest BCUT2D eigenvalue weighted by molar-refractivity contribution is 0.235. The van der Waals surface area contributed by atoms with Crippen molar-refractivity contribution < 1.29 is 4.79 Å². The number of rotatable bonds is 4. The third-order valence-corrected chi connectivity index (χ3v) is 3.94. The average molecular weight is 311 g/mol. The van der Waals surface area contributed by atoms with Crippen LogP contribution in [0.25, 0.3) is 11.4 Å². The topological polar surface area (TPSA) is 79.8 Å². The number of hydrogen-bond donors (Lipinski definition) is 2. The molecule has 0 spiro atoms. The van der Waals surface area contributed by atoms with E-state index in [0.717, 1.165) is 42.5 Å². The molecule has 3 rings (SSSR count). The Bertz CT molecular complexity index is 674. The van der Waals surface area contributed by atoms with E-state index in [-0.39, 0.29) is 12.1 Å². The molecule has 2 aromatic rings. The van der Waals surface area contributed by atoms with Gasteiger partial charge in [0.25, 0.3) is 0 Å². The number of hydrogen-bond acceptors (Lipinski definition) is 4. The van der Waals surface area contributed by atoms with Crippen LogP contribution in [0, 0.1) is 0 Å². The van der Waals surface area contributed by atoms with Crippen molar-refractivity contribution in [1.82, 2.24) is 25.6 Å². The number of nitrogens with zero attached hydrogens (tertiary/aromatic N) is 3. The van der Waals surface area contributed by atoms with Crippen LogP contribution in [0.3, 0.4) is 0 Å². The molecule has 1 aliphatic carbocycles. The quantitative estimate of drug-likeness (QED) is 0.909. The summed E-state index contributed by atoms with van der Waals surface area (Å²) < 4.78 is 0. The van der Waals surface area contributed by atoms with Crippen molar-refractivity contribution in [1.29, 1.82) is 0 Å². The lowest BCUT2D eigenvalue weighted by Gasteiger charge is -2.25. The van der Waals surface area contributed by atoms with Crippen molar-refractivity contribution in [2.45, 2.75) is 38.6 Å². The predicted molar refractivity (Wildman–Crippen MR) is 87.8 cm³/mol. The van der Waals surface area contributed by atoms with E-state index in [2.05, 4.69) is 25.6 Å². The summed E-state index contributed by atoms with van der Waals surface area (Å²) in [6, 6.07) is 3.69. The highest BCUT2D eigenvalue weighted by atomic mass is 16.2. The zero-order valence-electron chi connectivity index (χ0n) is 13.2. The van der Waals surface area contributed by atoms with E-state index in [4.69, 9.17) is 0 Å². The minimum Gasteiger partial charge on any atom is -0.338 e. The lowest BCUT2D eigenvalue weighted by Crippen LogP contribution is -2.39. The summed E-state index contributed by atoms with van der Waals surface area (Å²) in [6.45, 7) is 2.71. The largest absolute Gasteiger partial charge is 0.338 e. The van der Waals surface area contributed by atoms with Gasteiger partial charge < -0.3 is 10.6 Å². The number of carbonyl (C=O) groups excluding carboxylic acids is 1. The number of pyridine rings is 1. The van der Waals surface area contributed by atoms with Gasteiger partial charge in [0.05, 0.1) is 6.04 Å². The molecular formula is C17H21N5O. The molecule has 2 aromatic heterocycles. The van der Waals surface area contributed by atoms with Crippen molar-refractivity contribution in [3.8, 4) is 11.4 Å². The summed E-state index contributed by atoms with van der Waals surface area (Å²) in [6.07, 6.45) is 9.10. The molecule has 0 aromatic carbocycles.